The number of hydrogen-bond acceptors (Lipinski definition) is 4. The molecule has 0 aliphatic rings. The Labute approximate surface area is 205 Å². The highest BCUT2D eigenvalue weighted by atomic mass is 35.5. The number of carbonyl (C=O) groups excluding carboxylic acids is 1. The molecule has 1 aromatic heterocycles. The van der Waals surface area contributed by atoms with Gasteiger partial charge in [0, 0.05) is 22.7 Å². The van der Waals surface area contributed by atoms with Crippen LogP contribution >= 0.6 is 11.6 Å². The summed E-state index contributed by atoms with van der Waals surface area (Å²) in [5, 5.41) is 0.550. The molecule has 4 aromatic rings. The van der Waals surface area contributed by atoms with Crippen LogP contribution in [0.3, 0.4) is 0 Å². The molecule has 2 N–H and O–H groups in total. The van der Waals surface area contributed by atoms with Crippen LogP contribution in [0, 0.1) is 17.5 Å². The maximum atomic E-state index is 15.1. The van der Waals surface area contributed by atoms with Gasteiger partial charge in [0.15, 0.2) is 17.4 Å². The molecule has 1 unspecified atom stereocenters. The molecule has 0 fully saturated rings. The topological polar surface area (TPSA) is 92.2 Å². The van der Waals surface area contributed by atoms with Crippen molar-refractivity contribution in [1.82, 2.24) is 14.7 Å². The Morgan fingerprint density at radius 1 is 1.03 bits per heavy atom. The second-order valence-corrected chi connectivity index (χ2v) is 8.79. The third kappa shape index (κ3) is 5.57. The molecule has 6 nitrogen and oxygen atoms in total. The third-order valence-electron chi connectivity index (χ3n) is 5.25. The second kappa shape index (κ2) is 10.6. The molecule has 35 heavy (non-hydrogen) atoms. The van der Waals surface area contributed by atoms with Crippen molar-refractivity contribution in [2.24, 2.45) is 0 Å². The van der Waals surface area contributed by atoms with Crippen molar-refractivity contribution in [2.75, 3.05) is 6.54 Å². The van der Waals surface area contributed by atoms with E-state index in [4.69, 9.17) is 16.2 Å². The van der Waals surface area contributed by atoms with Crippen LogP contribution in [0.25, 0.3) is 22.3 Å². The van der Waals surface area contributed by atoms with Gasteiger partial charge in [0.2, 0.25) is 11.3 Å². The number of benzene rings is 3. The first kappa shape index (κ1) is 24.9. The number of halogens is 4. The minimum Gasteiger partial charge on any atom is -0.294 e. The molecule has 0 bridgehead atoms. The zero-order valence-corrected chi connectivity index (χ0v) is 19.5. The Morgan fingerprint density at radius 3 is 2.49 bits per heavy atom. The lowest BCUT2D eigenvalue weighted by Crippen LogP contribution is -2.18. The van der Waals surface area contributed by atoms with E-state index in [1.54, 1.807) is 30.5 Å². The van der Waals surface area contributed by atoms with Crippen molar-refractivity contribution in [3.8, 4) is 11.3 Å². The number of aryl methyl sites for hydroxylation is 1. The molecule has 3 aromatic carbocycles. The van der Waals surface area contributed by atoms with Crippen molar-refractivity contribution >= 4 is 39.7 Å². The van der Waals surface area contributed by atoms with E-state index in [9.17, 15) is 17.8 Å². The van der Waals surface area contributed by atoms with Crippen molar-refractivity contribution < 1.29 is 26.7 Å². The van der Waals surface area contributed by atoms with Gasteiger partial charge in [0.05, 0.1) is 28.5 Å². The molecule has 0 aliphatic carbocycles. The van der Waals surface area contributed by atoms with Gasteiger partial charge in [0.25, 0.3) is 0 Å². The van der Waals surface area contributed by atoms with Crippen LogP contribution in [0.15, 0.2) is 54.7 Å². The van der Waals surface area contributed by atoms with E-state index < -0.39 is 40.1 Å². The van der Waals surface area contributed by atoms with Crippen LogP contribution in [0.5, 0.6) is 0 Å². The molecule has 0 aliphatic heterocycles. The Bertz CT molecular complexity index is 1450. The number of ketones is 1. The lowest BCUT2D eigenvalue weighted by Gasteiger charge is -2.11. The Morgan fingerprint density at radius 2 is 1.77 bits per heavy atom. The smallest absolute Gasteiger partial charge is 0.231 e. The Kier molecular flexibility index (Phi) is 7.56. The highest BCUT2D eigenvalue weighted by molar-refractivity contribution is 7.77. The molecule has 0 radical (unpaired) electrons. The van der Waals surface area contributed by atoms with E-state index in [1.807, 2.05) is 0 Å². The van der Waals surface area contributed by atoms with Gasteiger partial charge in [-0.3, -0.25) is 14.3 Å². The molecule has 11 heteroatoms. The summed E-state index contributed by atoms with van der Waals surface area (Å²) in [6.07, 6.45) is 1.62. The number of carbonyl (C=O) groups is 1. The fraction of sp³-hybridized carbons (Fsp3) is 0.125. The lowest BCUT2D eigenvalue weighted by atomic mass is 9.97. The van der Waals surface area contributed by atoms with Gasteiger partial charge in [-0.1, -0.05) is 23.7 Å². The van der Waals surface area contributed by atoms with E-state index in [2.05, 4.69) is 14.7 Å². The highest BCUT2D eigenvalue weighted by Gasteiger charge is 2.25. The minimum atomic E-state index is -2.25. The van der Waals surface area contributed by atoms with Crippen LogP contribution in [-0.2, 0) is 17.7 Å². The van der Waals surface area contributed by atoms with Crippen LogP contribution in [0.4, 0.5) is 13.2 Å². The van der Waals surface area contributed by atoms with E-state index in [0.717, 1.165) is 5.56 Å². The first-order valence-corrected chi connectivity index (χ1v) is 11.8. The van der Waals surface area contributed by atoms with Crippen molar-refractivity contribution in [2.45, 2.75) is 12.8 Å². The summed E-state index contributed by atoms with van der Waals surface area (Å²) in [7, 11) is 0. The van der Waals surface area contributed by atoms with E-state index >= 15 is 4.39 Å². The van der Waals surface area contributed by atoms with Gasteiger partial charge in [-0.2, -0.15) is 0 Å². The first-order valence-electron chi connectivity index (χ1n) is 10.3. The van der Waals surface area contributed by atoms with E-state index in [-0.39, 0.29) is 30.5 Å². The average molecular weight is 520 g/mol. The zero-order valence-electron chi connectivity index (χ0n) is 17.9. The number of rotatable bonds is 8. The number of hydrogen-bond donors (Lipinski definition) is 2. The maximum Gasteiger partial charge on any atom is 0.231 e. The molecule has 1 atom stereocenters. The summed E-state index contributed by atoms with van der Waals surface area (Å²) in [4.78, 5) is 21.8. The third-order valence-corrected chi connectivity index (χ3v) is 5.95. The van der Waals surface area contributed by atoms with Crippen molar-refractivity contribution in [3.05, 3.63) is 93.9 Å². The largest absolute Gasteiger partial charge is 0.294 e. The maximum absolute atomic E-state index is 15.1. The molecule has 0 spiro atoms. The molecule has 0 saturated heterocycles. The first-order chi connectivity index (χ1) is 16.7. The molecular formula is C24H17ClF3N3O3S. The standard InChI is InChI=1S/C24H17ClF3N3O3S/c25-16-6-3-13(4-7-16)20-12-29-18-8-5-15(11-19(18)31-20)24(32)21-22(27)14(10-17(26)23(21)28)2-1-9-30-35(33)34/h3-8,10-12,30H,1-2,9H2,(H,33,34). The average Bonchev–Trinajstić information content (AvgIpc) is 2.84. The fourth-order valence-corrected chi connectivity index (χ4v) is 3.98. The Balaban J connectivity index is 1.68. The van der Waals surface area contributed by atoms with Gasteiger partial charge in [-0.05, 0) is 54.8 Å². The Hall–Kier alpha value is -3.18. The normalized spacial score (nSPS) is 12.1. The summed E-state index contributed by atoms with van der Waals surface area (Å²) < 4.78 is 65.4. The van der Waals surface area contributed by atoms with Gasteiger partial charge < -0.3 is 0 Å². The molecule has 4 rings (SSSR count). The fourth-order valence-electron chi connectivity index (χ4n) is 3.53. The number of fused-ring (bicyclic) bond motifs is 1. The summed E-state index contributed by atoms with van der Waals surface area (Å²) in [6.45, 7) is 0.0319. The SMILES string of the molecule is O=C(c1ccc2ncc(-c3ccc(Cl)cc3)nc2c1)c1c(F)c(F)cc(CCCNS(=O)O)c1F. The highest BCUT2D eigenvalue weighted by Crippen LogP contribution is 2.26. The molecule has 180 valence electrons. The number of nitrogens with zero attached hydrogens (tertiary/aromatic N) is 2. The van der Waals surface area contributed by atoms with Gasteiger partial charge >= 0.3 is 0 Å². The summed E-state index contributed by atoms with van der Waals surface area (Å²) in [6, 6.07) is 11.7. The van der Waals surface area contributed by atoms with Crippen LogP contribution in [0.1, 0.15) is 27.9 Å². The molecule has 1 heterocycles. The van der Waals surface area contributed by atoms with Gasteiger partial charge in [-0.15, -0.1) is 0 Å². The summed E-state index contributed by atoms with van der Waals surface area (Å²) in [5.41, 5.74) is 0.668. The van der Waals surface area contributed by atoms with E-state index in [1.165, 1.54) is 18.2 Å². The van der Waals surface area contributed by atoms with Gasteiger partial charge in [0.1, 0.15) is 5.82 Å². The van der Waals surface area contributed by atoms with Crippen molar-refractivity contribution in [3.63, 3.8) is 0 Å². The minimum absolute atomic E-state index is 0.0319. The van der Waals surface area contributed by atoms with Crippen LogP contribution in [-0.4, -0.2) is 31.1 Å². The van der Waals surface area contributed by atoms with Gasteiger partial charge in [-0.25, -0.2) is 27.1 Å². The predicted octanol–water partition coefficient (Wildman–Crippen LogP) is 5.26. The molecule has 0 saturated carbocycles. The second-order valence-electron chi connectivity index (χ2n) is 7.56. The molecular weight excluding hydrogens is 503 g/mol. The van der Waals surface area contributed by atoms with Crippen LogP contribution in [0.2, 0.25) is 5.02 Å². The number of nitrogens with one attached hydrogen (secondary N) is 1. The number of aromatic nitrogens is 2. The zero-order chi connectivity index (χ0) is 25.1. The lowest BCUT2D eigenvalue weighted by molar-refractivity contribution is 0.102. The van der Waals surface area contributed by atoms with Crippen molar-refractivity contribution in [1.29, 1.82) is 0 Å². The van der Waals surface area contributed by atoms with E-state index in [0.29, 0.717) is 27.8 Å². The van der Waals surface area contributed by atoms with Crippen LogP contribution < -0.4 is 4.72 Å². The summed E-state index contributed by atoms with van der Waals surface area (Å²) >= 11 is 3.67. The molecule has 0 amide bonds. The quantitative estimate of drug-likeness (QED) is 0.143. The summed E-state index contributed by atoms with van der Waals surface area (Å²) in [5.74, 6) is -5.18. The monoisotopic (exact) mass is 519 g/mol. The predicted molar refractivity (Wildman–Crippen MR) is 127 cm³/mol.